The van der Waals surface area contributed by atoms with Crippen LogP contribution in [-0.4, -0.2) is 12.6 Å². The molecule has 0 aromatic heterocycles. The number of hydrogen-bond acceptors (Lipinski definition) is 2. The lowest BCUT2D eigenvalue weighted by molar-refractivity contribution is 0.0396. The van der Waals surface area contributed by atoms with Gasteiger partial charge in [0.15, 0.2) is 0 Å². The van der Waals surface area contributed by atoms with Crippen molar-refractivity contribution in [1.29, 1.82) is 0 Å². The van der Waals surface area contributed by atoms with Crippen LogP contribution >= 0.6 is 0 Å². The van der Waals surface area contributed by atoms with Gasteiger partial charge in [0, 0.05) is 6.54 Å². The number of benzene rings is 1. The summed E-state index contributed by atoms with van der Waals surface area (Å²) in [4.78, 5) is 12.1. The number of amides is 1. The van der Waals surface area contributed by atoms with Gasteiger partial charge in [-0.15, -0.1) is 0 Å². The van der Waals surface area contributed by atoms with Crippen LogP contribution in [0.1, 0.15) is 69.8 Å². The van der Waals surface area contributed by atoms with Gasteiger partial charge in [-0.1, -0.05) is 49.6 Å². The molecule has 1 aromatic rings. The molecule has 0 radical (unpaired) electrons. The Hall–Kier alpha value is -1.51. The standard InChI is InChI=1S/C22H31NO2/c24-20(25-16-18-7-3-1-4-8-18)23-15-19-13-21(9-5-2-6-10-21)17-22(14-19)11-12-22/h1,3-4,7-8,19H,2,5-6,9-17H2,(H,23,24). The highest BCUT2D eigenvalue weighted by molar-refractivity contribution is 5.67. The quantitative estimate of drug-likeness (QED) is 0.791. The van der Waals surface area contributed by atoms with E-state index in [1.165, 1.54) is 64.2 Å². The van der Waals surface area contributed by atoms with Gasteiger partial charge in [-0.3, -0.25) is 0 Å². The third-order valence-electron chi connectivity index (χ3n) is 6.81. The number of ether oxygens (including phenoxy) is 1. The number of rotatable bonds is 4. The van der Waals surface area contributed by atoms with Crippen LogP contribution in [0.4, 0.5) is 4.79 Å². The fraction of sp³-hybridized carbons (Fsp3) is 0.682. The Labute approximate surface area is 151 Å². The van der Waals surface area contributed by atoms with E-state index in [-0.39, 0.29) is 6.09 Å². The van der Waals surface area contributed by atoms with E-state index < -0.39 is 0 Å². The van der Waals surface area contributed by atoms with Gasteiger partial charge in [0.25, 0.3) is 0 Å². The Morgan fingerprint density at radius 3 is 2.36 bits per heavy atom. The summed E-state index contributed by atoms with van der Waals surface area (Å²) < 4.78 is 5.37. The van der Waals surface area contributed by atoms with E-state index in [0.717, 1.165) is 12.1 Å². The highest BCUT2D eigenvalue weighted by Crippen LogP contribution is 2.65. The first-order valence-corrected chi connectivity index (χ1v) is 10.1. The number of hydrogen-bond donors (Lipinski definition) is 1. The van der Waals surface area contributed by atoms with E-state index in [9.17, 15) is 4.79 Å². The molecule has 1 amide bonds. The van der Waals surface area contributed by atoms with Crippen molar-refractivity contribution in [3.05, 3.63) is 35.9 Å². The minimum Gasteiger partial charge on any atom is -0.445 e. The molecule has 0 aliphatic heterocycles. The molecule has 1 atom stereocenters. The van der Waals surface area contributed by atoms with E-state index in [1.54, 1.807) is 0 Å². The molecule has 0 saturated heterocycles. The van der Waals surface area contributed by atoms with Crippen molar-refractivity contribution in [2.24, 2.45) is 16.7 Å². The van der Waals surface area contributed by atoms with Crippen LogP contribution < -0.4 is 5.32 Å². The van der Waals surface area contributed by atoms with Crippen molar-refractivity contribution >= 4 is 6.09 Å². The van der Waals surface area contributed by atoms with Crippen molar-refractivity contribution in [3.63, 3.8) is 0 Å². The van der Waals surface area contributed by atoms with Crippen LogP contribution in [-0.2, 0) is 11.3 Å². The van der Waals surface area contributed by atoms with Gasteiger partial charge in [-0.05, 0) is 67.3 Å². The van der Waals surface area contributed by atoms with E-state index in [4.69, 9.17) is 4.74 Å². The van der Waals surface area contributed by atoms with E-state index in [0.29, 0.717) is 23.4 Å². The Bertz CT molecular complexity index is 587. The molecule has 136 valence electrons. The van der Waals surface area contributed by atoms with Crippen molar-refractivity contribution in [1.82, 2.24) is 5.32 Å². The zero-order valence-electron chi connectivity index (χ0n) is 15.3. The Morgan fingerprint density at radius 2 is 1.68 bits per heavy atom. The van der Waals surface area contributed by atoms with Gasteiger partial charge in [0.05, 0.1) is 0 Å². The number of nitrogens with one attached hydrogen (secondary N) is 1. The zero-order valence-corrected chi connectivity index (χ0v) is 15.3. The maximum absolute atomic E-state index is 12.1. The monoisotopic (exact) mass is 341 g/mol. The summed E-state index contributed by atoms with van der Waals surface area (Å²) in [5.74, 6) is 0.638. The molecule has 3 heteroatoms. The number of carbonyl (C=O) groups excluding carboxylic acids is 1. The molecule has 3 nitrogen and oxygen atoms in total. The molecule has 3 aliphatic rings. The minimum atomic E-state index is -0.267. The molecule has 1 N–H and O–H groups in total. The fourth-order valence-electron chi connectivity index (χ4n) is 5.62. The molecule has 2 spiro atoms. The van der Waals surface area contributed by atoms with Crippen LogP contribution in [0, 0.1) is 16.7 Å². The summed E-state index contributed by atoms with van der Waals surface area (Å²) in [6, 6.07) is 9.88. The van der Waals surface area contributed by atoms with E-state index >= 15 is 0 Å². The molecule has 0 bridgehead atoms. The molecule has 1 unspecified atom stereocenters. The summed E-state index contributed by atoms with van der Waals surface area (Å²) >= 11 is 0. The first-order valence-electron chi connectivity index (χ1n) is 10.1. The molecule has 4 rings (SSSR count). The number of alkyl carbamates (subject to hydrolysis) is 1. The highest BCUT2D eigenvalue weighted by atomic mass is 16.5. The van der Waals surface area contributed by atoms with Crippen molar-refractivity contribution in [2.45, 2.75) is 70.8 Å². The lowest BCUT2D eigenvalue weighted by Gasteiger charge is -2.47. The predicted octanol–water partition coefficient (Wildman–Crippen LogP) is 5.44. The normalized spacial score (nSPS) is 26.3. The molecule has 3 aliphatic carbocycles. The third kappa shape index (κ3) is 4.19. The topological polar surface area (TPSA) is 38.3 Å². The molecular formula is C22H31NO2. The summed E-state index contributed by atoms with van der Waals surface area (Å²) in [6.45, 7) is 1.14. The Kier molecular flexibility index (Phi) is 4.75. The lowest BCUT2D eigenvalue weighted by atomic mass is 9.58. The van der Waals surface area contributed by atoms with E-state index in [1.807, 2.05) is 30.3 Å². The average Bonchev–Trinajstić information content (AvgIpc) is 3.37. The zero-order chi connectivity index (χ0) is 17.2. The van der Waals surface area contributed by atoms with Crippen molar-refractivity contribution in [3.8, 4) is 0 Å². The van der Waals surface area contributed by atoms with Gasteiger partial charge >= 0.3 is 6.09 Å². The van der Waals surface area contributed by atoms with Crippen LogP contribution in [0.25, 0.3) is 0 Å². The summed E-state index contributed by atoms with van der Waals surface area (Å²) in [7, 11) is 0. The third-order valence-corrected chi connectivity index (χ3v) is 6.81. The smallest absolute Gasteiger partial charge is 0.407 e. The molecule has 25 heavy (non-hydrogen) atoms. The van der Waals surface area contributed by atoms with Gasteiger partial charge in [0.2, 0.25) is 0 Å². The second kappa shape index (κ2) is 7.01. The SMILES string of the molecule is O=C(NCC1CC2(CCCCC2)CC2(CC2)C1)OCc1ccccc1. The van der Waals surface area contributed by atoms with Crippen LogP contribution in [0.15, 0.2) is 30.3 Å². The maximum atomic E-state index is 12.1. The Balaban J connectivity index is 1.27. The number of carbonyl (C=O) groups is 1. The van der Waals surface area contributed by atoms with Gasteiger partial charge < -0.3 is 10.1 Å². The molecule has 1 aromatic carbocycles. The summed E-state index contributed by atoms with van der Waals surface area (Å²) in [5.41, 5.74) is 2.26. The molecule has 0 heterocycles. The molecule has 3 saturated carbocycles. The van der Waals surface area contributed by atoms with E-state index in [2.05, 4.69) is 5.32 Å². The second-order valence-corrected chi connectivity index (χ2v) is 8.95. The van der Waals surface area contributed by atoms with Crippen LogP contribution in [0.5, 0.6) is 0 Å². The molecule has 3 fully saturated rings. The van der Waals surface area contributed by atoms with Gasteiger partial charge in [-0.25, -0.2) is 4.79 Å². The first kappa shape index (κ1) is 16.9. The van der Waals surface area contributed by atoms with Crippen LogP contribution in [0.3, 0.4) is 0 Å². The molecular weight excluding hydrogens is 310 g/mol. The summed E-state index contributed by atoms with van der Waals surface area (Å²) in [6.07, 6.45) is 13.8. The van der Waals surface area contributed by atoms with Crippen molar-refractivity contribution < 1.29 is 9.53 Å². The lowest BCUT2D eigenvalue weighted by Crippen LogP contribution is -2.40. The average molecular weight is 341 g/mol. The fourth-order valence-corrected chi connectivity index (χ4v) is 5.62. The predicted molar refractivity (Wildman–Crippen MR) is 99.2 cm³/mol. The van der Waals surface area contributed by atoms with Crippen molar-refractivity contribution in [2.75, 3.05) is 6.54 Å². The minimum absolute atomic E-state index is 0.267. The highest BCUT2D eigenvalue weighted by Gasteiger charge is 2.53. The van der Waals surface area contributed by atoms with Crippen LogP contribution in [0.2, 0.25) is 0 Å². The van der Waals surface area contributed by atoms with Gasteiger partial charge in [0.1, 0.15) is 6.61 Å². The first-order chi connectivity index (χ1) is 12.2. The maximum Gasteiger partial charge on any atom is 0.407 e. The largest absolute Gasteiger partial charge is 0.445 e. The second-order valence-electron chi connectivity index (χ2n) is 8.95. The summed E-state index contributed by atoms with van der Waals surface area (Å²) in [5, 5.41) is 3.05. The van der Waals surface area contributed by atoms with Gasteiger partial charge in [-0.2, -0.15) is 0 Å². The Morgan fingerprint density at radius 1 is 1.00 bits per heavy atom.